The minimum absolute atomic E-state index is 0.0246. The van der Waals surface area contributed by atoms with Crippen LogP contribution in [0.3, 0.4) is 0 Å². The van der Waals surface area contributed by atoms with Crippen molar-refractivity contribution in [1.82, 2.24) is 0 Å². The first kappa shape index (κ1) is 20.2. The van der Waals surface area contributed by atoms with Crippen molar-refractivity contribution in [3.63, 3.8) is 0 Å². The van der Waals surface area contributed by atoms with E-state index in [1.165, 1.54) is 20.3 Å². The summed E-state index contributed by atoms with van der Waals surface area (Å²) in [7, 11) is 3.03. The van der Waals surface area contributed by atoms with Crippen molar-refractivity contribution in [1.29, 1.82) is 0 Å². The lowest BCUT2D eigenvalue weighted by atomic mass is 10.1. The molecule has 0 bridgehead atoms. The van der Waals surface area contributed by atoms with Gasteiger partial charge in [-0.15, -0.1) is 0 Å². The number of methoxy groups -OCH3 is 2. The average Bonchev–Trinajstić information content (AvgIpc) is 2.67. The zero-order chi connectivity index (χ0) is 19.8. The van der Waals surface area contributed by atoms with E-state index in [4.69, 9.17) is 14.2 Å². The standard InChI is InChI=1S/C19H19F2NO5/c1-25-15-8-6-12(10-16(15)26-2)7-9-18(24)27-11-17(23)22-19-13(20)4-3-5-14(19)21/h3-6,8,10H,7,9,11H2,1-2H3,(H,22,23). The van der Waals surface area contributed by atoms with E-state index in [9.17, 15) is 18.4 Å². The Labute approximate surface area is 155 Å². The van der Waals surface area contributed by atoms with Crippen LogP contribution in [0.2, 0.25) is 0 Å². The van der Waals surface area contributed by atoms with Crippen molar-refractivity contribution < 1.29 is 32.6 Å². The van der Waals surface area contributed by atoms with Crippen LogP contribution in [0.1, 0.15) is 12.0 Å². The third-order valence-electron chi connectivity index (χ3n) is 3.66. The lowest BCUT2D eigenvalue weighted by molar-refractivity contribution is -0.147. The van der Waals surface area contributed by atoms with E-state index < -0.39 is 35.8 Å². The van der Waals surface area contributed by atoms with Gasteiger partial charge in [0.2, 0.25) is 0 Å². The number of hydrogen-bond acceptors (Lipinski definition) is 5. The highest BCUT2D eigenvalue weighted by Gasteiger charge is 2.14. The fourth-order valence-corrected chi connectivity index (χ4v) is 2.29. The zero-order valence-corrected chi connectivity index (χ0v) is 14.9. The van der Waals surface area contributed by atoms with E-state index in [-0.39, 0.29) is 6.42 Å². The smallest absolute Gasteiger partial charge is 0.306 e. The van der Waals surface area contributed by atoms with Crippen molar-refractivity contribution >= 4 is 17.6 Å². The molecule has 0 aliphatic heterocycles. The third-order valence-corrected chi connectivity index (χ3v) is 3.66. The monoisotopic (exact) mass is 379 g/mol. The summed E-state index contributed by atoms with van der Waals surface area (Å²) in [5.74, 6) is -2.17. The van der Waals surface area contributed by atoms with Crippen LogP contribution in [-0.4, -0.2) is 32.7 Å². The maximum atomic E-state index is 13.5. The van der Waals surface area contributed by atoms with Crippen LogP contribution in [0.25, 0.3) is 0 Å². The van der Waals surface area contributed by atoms with Gasteiger partial charge in [-0.05, 0) is 36.2 Å². The number of ether oxygens (including phenoxy) is 3. The van der Waals surface area contributed by atoms with Gasteiger partial charge < -0.3 is 19.5 Å². The summed E-state index contributed by atoms with van der Waals surface area (Å²) in [4.78, 5) is 23.5. The van der Waals surface area contributed by atoms with Crippen molar-refractivity contribution in [3.05, 3.63) is 53.6 Å². The molecule has 0 aliphatic carbocycles. The number of amides is 1. The number of para-hydroxylation sites is 1. The Morgan fingerprint density at radius 3 is 2.30 bits per heavy atom. The Bertz CT molecular complexity index is 805. The Balaban J connectivity index is 1.81. The number of halogens is 2. The minimum atomic E-state index is -0.914. The molecule has 0 spiro atoms. The van der Waals surface area contributed by atoms with Gasteiger partial charge >= 0.3 is 5.97 Å². The van der Waals surface area contributed by atoms with Gasteiger partial charge in [0.1, 0.15) is 17.3 Å². The molecule has 8 heteroatoms. The molecule has 144 valence electrons. The first-order chi connectivity index (χ1) is 12.9. The van der Waals surface area contributed by atoms with Gasteiger partial charge in [0, 0.05) is 6.42 Å². The quantitative estimate of drug-likeness (QED) is 0.714. The normalized spacial score (nSPS) is 10.2. The van der Waals surface area contributed by atoms with Crippen LogP contribution < -0.4 is 14.8 Å². The summed E-state index contributed by atoms with van der Waals surface area (Å²) < 4.78 is 42.0. The molecule has 0 fully saturated rings. The SMILES string of the molecule is COc1ccc(CCC(=O)OCC(=O)Nc2c(F)cccc2F)cc1OC. The van der Waals surface area contributed by atoms with E-state index in [2.05, 4.69) is 0 Å². The van der Waals surface area contributed by atoms with Crippen molar-refractivity contribution in [2.24, 2.45) is 0 Å². The van der Waals surface area contributed by atoms with Crippen molar-refractivity contribution in [2.45, 2.75) is 12.8 Å². The van der Waals surface area contributed by atoms with Gasteiger partial charge in [-0.3, -0.25) is 9.59 Å². The van der Waals surface area contributed by atoms with Crippen LogP contribution >= 0.6 is 0 Å². The highest BCUT2D eigenvalue weighted by molar-refractivity contribution is 5.93. The van der Waals surface area contributed by atoms with Gasteiger partial charge in [-0.25, -0.2) is 8.78 Å². The fourth-order valence-electron chi connectivity index (χ4n) is 2.29. The number of anilines is 1. The molecule has 1 N–H and O–H groups in total. The maximum Gasteiger partial charge on any atom is 0.306 e. The van der Waals surface area contributed by atoms with Gasteiger partial charge in [0.05, 0.1) is 14.2 Å². The molecule has 27 heavy (non-hydrogen) atoms. The Kier molecular flexibility index (Phi) is 7.10. The van der Waals surface area contributed by atoms with E-state index in [1.54, 1.807) is 18.2 Å². The van der Waals surface area contributed by atoms with Crippen LogP contribution in [0.15, 0.2) is 36.4 Å². The number of aryl methyl sites for hydroxylation is 1. The molecule has 1 amide bonds. The second-order valence-electron chi connectivity index (χ2n) is 5.49. The molecule has 0 aliphatic rings. The second-order valence-corrected chi connectivity index (χ2v) is 5.49. The topological polar surface area (TPSA) is 73.9 Å². The van der Waals surface area contributed by atoms with Crippen LogP contribution in [0.4, 0.5) is 14.5 Å². The maximum absolute atomic E-state index is 13.5. The first-order valence-electron chi connectivity index (χ1n) is 8.05. The number of rotatable bonds is 8. The van der Waals surface area contributed by atoms with Gasteiger partial charge in [0.15, 0.2) is 18.1 Å². The van der Waals surface area contributed by atoms with Crippen LogP contribution in [0.5, 0.6) is 11.5 Å². The molecule has 0 saturated carbocycles. The highest BCUT2D eigenvalue weighted by Crippen LogP contribution is 2.28. The Hall–Kier alpha value is -3.16. The fraction of sp³-hybridized carbons (Fsp3) is 0.263. The minimum Gasteiger partial charge on any atom is -0.493 e. The molecular weight excluding hydrogens is 360 g/mol. The van der Waals surface area contributed by atoms with Gasteiger partial charge in [-0.2, -0.15) is 0 Å². The summed E-state index contributed by atoms with van der Waals surface area (Å²) in [6.07, 6.45) is 0.388. The lowest BCUT2D eigenvalue weighted by Gasteiger charge is -2.10. The first-order valence-corrected chi connectivity index (χ1v) is 8.05. The lowest BCUT2D eigenvalue weighted by Crippen LogP contribution is -2.22. The Morgan fingerprint density at radius 2 is 1.67 bits per heavy atom. The van der Waals surface area contributed by atoms with E-state index in [0.29, 0.717) is 17.9 Å². The highest BCUT2D eigenvalue weighted by atomic mass is 19.1. The summed E-state index contributed by atoms with van der Waals surface area (Å²) in [6.45, 7) is -0.640. The summed E-state index contributed by atoms with van der Waals surface area (Å²) in [6, 6.07) is 8.42. The third kappa shape index (κ3) is 5.67. The molecule has 2 aromatic carbocycles. The van der Waals surface area contributed by atoms with Gasteiger partial charge in [-0.1, -0.05) is 12.1 Å². The number of carbonyl (C=O) groups excluding carboxylic acids is 2. The Morgan fingerprint density at radius 1 is 1.00 bits per heavy atom. The summed E-state index contributed by atoms with van der Waals surface area (Å²) in [5.41, 5.74) is 0.242. The number of hydrogen-bond donors (Lipinski definition) is 1. The van der Waals surface area contributed by atoms with E-state index in [0.717, 1.165) is 17.7 Å². The molecule has 2 rings (SSSR count). The number of carbonyl (C=O) groups is 2. The largest absolute Gasteiger partial charge is 0.493 e. The summed E-state index contributed by atoms with van der Waals surface area (Å²) >= 11 is 0. The van der Waals surface area contributed by atoms with Crippen LogP contribution in [0, 0.1) is 11.6 Å². The predicted octanol–water partition coefficient (Wildman–Crippen LogP) is 3.10. The molecule has 6 nitrogen and oxygen atoms in total. The van der Waals surface area contributed by atoms with Crippen LogP contribution in [-0.2, 0) is 20.7 Å². The van der Waals surface area contributed by atoms with Crippen molar-refractivity contribution in [2.75, 3.05) is 26.1 Å². The molecule has 0 unspecified atom stereocenters. The number of esters is 1. The molecule has 0 atom stereocenters. The molecule has 0 aromatic heterocycles. The molecule has 0 heterocycles. The predicted molar refractivity (Wildman–Crippen MR) is 93.8 cm³/mol. The second kappa shape index (κ2) is 9.51. The number of nitrogens with one attached hydrogen (secondary N) is 1. The number of benzene rings is 2. The van der Waals surface area contributed by atoms with E-state index >= 15 is 0 Å². The molecule has 2 aromatic rings. The van der Waals surface area contributed by atoms with E-state index in [1.807, 2.05) is 5.32 Å². The molecular formula is C19H19F2NO5. The summed E-state index contributed by atoms with van der Waals surface area (Å²) in [5, 5.41) is 2.04. The van der Waals surface area contributed by atoms with Gasteiger partial charge in [0.25, 0.3) is 5.91 Å². The molecule has 0 radical (unpaired) electrons. The average molecular weight is 379 g/mol. The zero-order valence-electron chi connectivity index (χ0n) is 14.9. The molecule has 0 saturated heterocycles. The van der Waals surface area contributed by atoms with Crippen molar-refractivity contribution in [3.8, 4) is 11.5 Å².